The Kier molecular flexibility index (Phi) is 11.3. The van der Waals surface area contributed by atoms with Crippen LogP contribution in [0.15, 0.2) is 11.8 Å². The largest absolute Gasteiger partial charge is 0.513 e. The van der Waals surface area contributed by atoms with Crippen molar-refractivity contribution in [1.29, 1.82) is 0 Å². The van der Waals surface area contributed by atoms with Crippen molar-refractivity contribution >= 4 is 0 Å². The Balaban J connectivity index is 3.20. The van der Waals surface area contributed by atoms with Crippen molar-refractivity contribution < 1.29 is 5.11 Å². The maximum atomic E-state index is 9.48. The van der Waals surface area contributed by atoms with Crippen LogP contribution in [0.3, 0.4) is 0 Å². The van der Waals surface area contributed by atoms with Gasteiger partial charge >= 0.3 is 0 Å². The number of allylic oxidation sites excluding steroid dienone is 2. The summed E-state index contributed by atoms with van der Waals surface area (Å²) in [5.74, 6) is 0.602. The Bertz CT molecular complexity index is 149. The van der Waals surface area contributed by atoms with E-state index < -0.39 is 0 Å². The zero-order chi connectivity index (χ0) is 11.4. The fourth-order valence-corrected chi connectivity index (χ4v) is 1.65. The first-order valence-corrected chi connectivity index (χ1v) is 6.69. The summed E-state index contributed by atoms with van der Waals surface area (Å²) in [5.41, 5.74) is 0. The molecule has 0 heterocycles. The molecule has 0 saturated carbocycles. The Hall–Kier alpha value is -0.460. The molecule has 15 heavy (non-hydrogen) atoms. The maximum Gasteiger partial charge on any atom is 0.0882 e. The standard InChI is InChI=1S/C14H28O/c1-3-5-7-8-9-10-11-13-14(15)12-6-4-2/h13,15H,3-12H2,1-2H3. The van der Waals surface area contributed by atoms with Gasteiger partial charge in [-0.25, -0.2) is 0 Å². The summed E-state index contributed by atoms with van der Waals surface area (Å²) < 4.78 is 0. The summed E-state index contributed by atoms with van der Waals surface area (Å²) >= 11 is 0. The fourth-order valence-electron chi connectivity index (χ4n) is 1.65. The van der Waals surface area contributed by atoms with Gasteiger partial charge in [0.15, 0.2) is 0 Å². The molecule has 0 rings (SSSR count). The molecule has 0 fully saturated rings. The van der Waals surface area contributed by atoms with Crippen molar-refractivity contribution in [3.8, 4) is 0 Å². The molecule has 0 amide bonds. The van der Waals surface area contributed by atoms with E-state index in [9.17, 15) is 5.11 Å². The minimum Gasteiger partial charge on any atom is -0.513 e. The van der Waals surface area contributed by atoms with E-state index in [1.54, 1.807) is 0 Å². The minimum absolute atomic E-state index is 0.602. The van der Waals surface area contributed by atoms with E-state index in [4.69, 9.17) is 0 Å². The molecule has 0 aromatic carbocycles. The molecule has 0 aliphatic heterocycles. The molecule has 0 atom stereocenters. The molecule has 1 nitrogen and oxygen atoms in total. The van der Waals surface area contributed by atoms with E-state index in [2.05, 4.69) is 13.8 Å². The molecule has 1 heteroatoms. The lowest BCUT2D eigenvalue weighted by Gasteiger charge is -2.00. The van der Waals surface area contributed by atoms with E-state index in [1.165, 1.54) is 38.5 Å². The van der Waals surface area contributed by atoms with Crippen LogP contribution >= 0.6 is 0 Å². The number of hydrogen-bond donors (Lipinski definition) is 1. The lowest BCUT2D eigenvalue weighted by molar-refractivity contribution is 0.379. The van der Waals surface area contributed by atoms with E-state index in [0.717, 1.165) is 25.7 Å². The molecule has 0 bridgehead atoms. The lowest BCUT2D eigenvalue weighted by atomic mass is 10.1. The van der Waals surface area contributed by atoms with Crippen LogP contribution in [-0.4, -0.2) is 5.11 Å². The van der Waals surface area contributed by atoms with E-state index in [-0.39, 0.29) is 0 Å². The fraction of sp³-hybridized carbons (Fsp3) is 0.857. The average Bonchev–Trinajstić information content (AvgIpc) is 2.25. The average molecular weight is 212 g/mol. The number of aliphatic hydroxyl groups is 1. The molecule has 0 aromatic rings. The highest BCUT2D eigenvalue weighted by Crippen LogP contribution is 2.10. The number of aliphatic hydroxyl groups excluding tert-OH is 1. The van der Waals surface area contributed by atoms with Crippen LogP contribution in [0.1, 0.15) is 78.1 Å². The summed E-state index contributed by atoms with van der Waals surface area (Å²) in [7, 11) is 0. The summed E-state index contributed by atoms with van der Waals surface area (Å²) in [5, 5.41) is 9.48. The second kappa shape index (κ2) is 11.6. The molecule has 0 aliphatic carbocycles. The summed E-state index contributed by atoms with van der Waals surface area (Å²) in [6, 6.07) is 0. The van der Waals surface area contributed by atoms with Crippen LogP contribution in [0.4, 0.5) is 0 Å². The molecule has 90 valence electrons. The van der Waals surface area contributed by atoms with Crippen molar-refractivity contribution in [2.75, 3.05) is 0 Å². The van der Waals surface area contributed by atoms with Crippen LogP contribution in [0.25, 0.3) is 0 Å². The normalized spacial score (nSPS) is 12.0. The SMILES string of the molecule is CCCCCCCCC=C(O)CCCC. The van der Waals surface area contributed by atoms with Gasteiger partial charge < -0.3 is 5.11 Å². The zero-order valence-electron chi connectivity index (χ0n) is 10.6. The molecule has 0 radical (unpaired) electrons. The molecule has 0 unspecified atom stereocenters. The predicted octanol–water partition coefficient (Wildman–Crippen LogP) is 5.37. The Morgan fingerprint density at radius 2 is 1.47 bits per heavy atom. The maximum absolute atomic E-state index is 9.48. The summed E-state index contributed by atoms with van der Waals surface area (Å²) in [6.07, 6.45) is 14.2. The Morgan fingerprint density at radius 1 is 0.867 bits per heavy atom. The van der Waals surface area contributed by atoms with Crippen LogP contribution < -0.4 is 0 Å². The highest BCUT2D eigenvalue weighted by Gasteiger charge is 1.92. The molecular formula is C14H28O. The van der Waals surface area contributed by atoms with Gasteiger partial charge in [-0.05, 0) is 25.3 Å². The number of unbranched alkanes of at least 4 members (excludes halogenated alkanes) is 7. The van der Waals surface area contributed by atoms with Gasteiger partial charge in [0.05, 0.1) is 5.76 Å². The minimum atomic E-state index is 0.602. The topological polar surface area (TPSA) is 20.2 Å². The van der Waals surface area contributed by atoms with Crippen molar-refractivity contribution in [2.45, 2.75) is 78.1 Å². The zero-order valence-corrected chi connectivity index (χ0v) is 10.6. The molecular weight excluding hydrogens is 184 g/mol. The monoisotopic (exact) mass is 212 g/mol. The highest BCUT2D eigenvalue weighted by atomic mass is 16.3. The first-order chi connectivity index (χ1) is 7.31. The van der Waals surface area contributed by atoms with E-state index in [1.807, 2.05) is 6.08 Å². The second-order valence-corrected chi connectivity index (χ2v) is 4.36. The highest BCUT2D eigenvalue weighted by molar-refractivity contribution is 4.90. The quantitative estimate of drug-likeness (QED) is 0.381. The summed E-state index contributed by atoms with van der Waals surface area (Å²) in [4.78, 5) is 0. The van der Waals surface area contributed by atoms with Gasteiger partial charge in [0.25, 0.3) is 0 Å². The second-order valence-electron chi connectivity index (χ2n) is 4.36. The lowest BCUT2D eigenvalue weighted by Crippen LogP contribution is -1.83. The first-order valence-electron chi connectivity index (χ1n) is 6.69. The van der Waals surface area contributed by atoms with Crippen LogP contribution in [0.2, 0.25) is 0 Å². The summed E-state index contributed by atoms with van der Waals surface area (Å²) in [6.45, 7) is 4.40. The van der Waals surface area contributed by atoms with Crippen LogP contribution in [0, 0.1) is 0 Å². The Labute approximate surface area is 95.6 Å². The van der Waals surface area contributed by atoms with Gasteiger partial charge in [0, 0.05) is 6.42 Å². The predicted molar refractivity (Wildman–Crippen MR) is 68.2 cm³/mol. The van der Waals surface area contributed by atoms with Gasteiger partial charge in [-0.2, -0.15) is 0 Å². The third kappa shape index (κ3) is 11.5. The first kappa shape index (κ1) is 14.5. The van der Waals surface area contributed by atoms with Crippen molar-refractivity contribution in [3.05, 3.63) is 11.8 Å². The third-order valence-electron chi connectivity index (χ3n) is 2.72. The van der Waals surface area contributed by atoms with E-state index >= 15 is 0 Å². The van der Waals surface area contributed by atoms with Crippen molar-refractivity contribution in [2.24, 2.45) is 0 Å². The Morgan fingerprint density at radius 3 is 2.13 bits per heavy atom. The molecule has 0 aliphatic rings. The van der Waals surface area contributed by atoms with Gasteiger partial charge in [-0.15, -0.1) is 0 Å². The van der Waals surface area contributed by atoms with Gasteiger partial charge in [-0.3, -0.25) is 0 Å². The molecule has 0 spiro atoms. The van der Waals surface area contributed by atoms with Crippen molar-refractivity contribution in [3.63, 3.8) is 0 Å². The van der Waals surface area contributed by atoms with Gasteiger partial charge in [0.1, 0.15) is 0 Å². The van der Waals surface area contributed by atoms with Gasteiger partial charge in [0.2, 0.25) is 0 Å². The third-order valence-corrected chi connectivity index (χ3v) is 2.72. The van der Waals surface area contributed by atoms with Gasteiger partial charge in [-0.1, -0.05) is 52.4 Å². The van der Waals surface area contributed by atoms with E-state index in [0.29, 0.717) is 5.76 Å². The number of hydrogen-bond acceptors (Lipinski definition) is 1. The number of rotatable bonds is 10. The van der Waals surface area contributed by atoms with Crippen molar-refractivity contribution in [1.82, 2.24) is 0 Å². The van der Waals surface area contributed by atoms with Crippen LogP contribution in [0.5, 0.6) is 0 Å². The van der Waals surface area contributed by atoms with Crippen LogP contribution in [-0.2, 0) is 0 Å². The smallest absolute Gasteiger partial charge is 0.0882 e. The molecule has 0 saturated heterocycles. The molecule has 0 aromatic heterocycles. The molecule has 1 N–H and O–H groups in total.